The predicted molar refractivity (Wildman–Crippen MR) is 83.5 cm³/mol. The van der Waals surface area contributed by atoms with Crippen molar-refractivity contribution in [1.82, 2.24) is 0 Å². The average molecular weight is 279 g/mol. The third-order valence-corrected chi connectivity index (χ3v) is 5.83. The van der Waals surface area contributed by atoms with Gasteiger partial charge >= 0.3 is 0 Å². The largest absolute Gasteiger partial charge is 0.326 e. The van der Waals surface area contributed by atoms with E-state index in [0.717, 1.165) is 23.1 Å². The summed E-state index contributed by atoms with van der Waals surface area (Å²) in [4.78, 5) is 12.7. The molecule has 0 aliphatic heterocycles. The zero-order valence-electron chi connectivity index (χ0n) is 12.2. The number of terminal acetylenes is 1. The van der Waals surface area contributed by atoms with Crippen LogP contribution in [0, 0.1) is 41.9 Å². The van der Waals surface area contributed by atoms with Crippen molar-refractivity contribution in [1.29, 1.82) is 0 Å². The summed E-state index contributed by atoms with van der Waals surface area (Å²) >= 11 is 0. The monoisotopic (exact) mass is 279 g/mol. The minimum absolute atomic E-state index is 0.220. The molecule has 1 aromatic carbocycles. The van der Waals surface area contributed by atoms with E-state index in [1.54, 1.807) is 0 Å². The number of benzene rings is 1. The van der Waals surface area contributed by atoms with Crippen LogP contribution in [0.2, 0.25) is 0 Å². The van der Waals surface area contributed by atoms with E-state index in [4.69, 9.17) is 6.42 Å². The Balaban J connectivity index is 1.51. The minimum Gasteiger partial charge on any atom is -0.326 e. The molecule has 0 aromatic heterocycles. The van der Waals surface area contributed by atoms with Gasteiger partial charge in [-0.2, -0.15) is 0 Å². The molecule has 108 valence electrons. The Morgan fingerprint density at radius 2 is 1.76 bits per heavy atom. The number of amides is 1. The van der Waals surface area contributed by atoms with E-state index in [0.29, 0.717) is 11.8 Å². The summed E-state index contributed by atoms with van der Waals surface area (Å²) < 4.78 is 0. The normalized spacial score (nSPS) is 36.2. The Hall–Kier alpha value is -1.75. The number of carbonyl (C=O) groups is 1. The van der Waals surface area contributed by atoms with Gasteiger partial charge in [0.25, 0.3) is 0 Å². The molecule has 2 nitrogen and oxygen atoms in total. The standard InChI is InChI=1S/C19H21NO/c1-2-12-4-3-5-17(11-12)20-19(21)18-15-7-13-6-14(9-15)10-16(18)8-13/h1,3-5,11,13-16,18H,6-10H2,(H,20,21). The highest BCUT2D eigenvalue weighted by molar-refractivity contribution is 5.93. The molecule has 4 saturated carbocycles. The van der Waals surface area contributed by atoms with Crippen molar-refractivity contribution in [3.8, 4) is 12.3 Å². The summed E-state index contributed by atoms with van der Waals surface area (Å²) in [6.45, 7) is 0. The highest BCUT2D eigenvalue weighted by Gasteiger charge is 2.50. The second-order valence-electron chi connectivity index (χ2n) is 7.17. The van der Waals surface area contributed by atoms with E-state index in [1.165, 1.54) is 32.1 Å². The Bertz CT molecular complexity index is 584. The van der Waals surface area contributed by atoms with Gasteiger partial charge in [-0.15, -0.1) is 6.42 Å². The van der Waals surface area contributed by atoms with Crippen molar-refractivity contribution < 1.29 is 4.79 Å². The molecule has 0 unspecified atom stereocenters. The van der Waals surface area contributed by atoms with Crippen LogP contribution in [0.4, 0.5) is 5.69 Å². The molecule has 2 heteroatoms. The molecule has 4 aliphatic rings. The van der Waals surface area contributed by atoms with E-state index >= 15 is 0 Å². The lowest BCUT2D eigenvalue weighted by molar-refractivity contribution is -0.132. The van der Waals surface area contributed by atoms with E-state index in [9.17, 15) is 4.79 Å². The fourth-order valence-corrected chi connectivity index (χ4v) is 5.27. The fraction of sp³-hybridized carbons (Fsp3) is 0.526. The summed E-state index contributed by atoms with van der Waals surface area (Å²) in [6.07, 6.45) is 11.9. The summed E-state index contributed by atoms with van der Waals surface area (Å²) in [7, 11) is 0. The molecule has 5 rings (SSSR count). The van der Waals surface area contributed by atoms with Crippen molar-refractivity contribution >= 4 is 11.6 Å². The smallest absolute Gasteiger partial charge is 0.228 e. The highest BCUT2D eigenvalue weighted by atomic mass is 16.1. The number of carbonyl (C=O) groups excluding carboxylic acids is 1. The maximum Gasteiger partial charge on any atom is 0.228 e. The molecule has 0 radical (unpaired) electrons. The first kappa shape index (κ1) is 13.0. The van der Waals surface area contributed by atoms with E-state index < -0.39 is 0 Å². The quantitative estimate of drug-likeness (QED) is 0.822. The van der Waals surface area contributed by atoms with Crippen molar-refractivity contribution in [3.63, 3.8) is 0 Å². The summed E-state index contributed by atoms with van der Waals surface area (Å²) in [5.41, 5.74) is 1.65. The third kappa shape index (κ3) is 2.25. The molecular formula is C19H21NO. The Labute approximate surface area is 126 Å². The predicted octanol–water partition coefficient (Wildman–Crippen LogP) is 3.68. The molecular weight excluding hydrogens is 258 g/mol. The fourth-order valence-electron chi connectivity index (χ4n) is 5.27. The van der Waals surface area contributed by atoms with Crippen LogP contribution in [0.3, 0.4) is 0 Å². The number of rotatable bonds is 2. The second-order valence-corrected chi connectivity index (χ2v) is 7.17. The van der Waals surface area contributed by atoms with Crippen molar-refractivity contribution in [3.05, 3.63) is 29.8 Å². The summed E-state index contributed by atoms with van der Waals surface area (Å²) in [5, 5.41) is 3.11. The summed E-state index contributed by atoms with van der Waals surface area (Å²) in [6, 6.07) is 7.60. The Morgan fingerprint density at radius 3 is 2.38 bits per heavy atom. The van der Waals surface area contributed by atoms with Gasteiger partial charge in [0.1, 0.15) is 0 Å². The Kier molecular flexibility index (Phi) is 3.03. The number of anilines is 1. The zero-order chi connectivity index (χ0) is 14.4. The van der Waals surface area contributed by atoms with Crippen molar-refractivity contribution in [2.75, 3.05) is 5.32 Å². The van der Waals surface area contributed by atoms with Crippen LogP contribution in [0.15, 0.2) is 24.3 Å². The highest BCUT2D eigenvalue weighted by Crippen LogP contribution is 2.56. The van der Waals surface area contributed by atoms with Crippen LogP contribution >= 0.6 is 0 Å². The van der Waals surface area contributed by atoms with E-state index in [1.807, 2.05) is 24.3 Å². The zero-order valence-corrected chi connectivity index (χ0v) is 12.2. The van der Waals surface area contributed by atoms with Gasteiger partial charge in [0.05, 0.1) is 0 Å². The lowest BCUT2D eigenvalue weighted by atomic mass is 9.51. The van der Waals surface area contributed by atoms with Crippen LogP contribution < -0.4 is 5.32 Å². The average Bonchev–Trinajstić information content (AvgIpc) is 2.46. The second kappa shape index (κ2) is 4.91. The van der Waals surface area contributed by atoms with Gasteiger partial charge in [0, 0.05) is 17.2 Å². The van der Waals surface area contributed by atoms with Gasteiger partial charge in [-0.05, 0) is 74.0 Å². The van der Waals surface area contributed by atoms with Gasteiger partial charge in [-0.3, -0.25) is 4.79 Å². The first-order valence-corrected chi connectivity index (χ1v) is 8.10. The Morgan fingerprint density at radius 1 is 1.10 bits per heavy atom. The topological polar surface area (TPSA) is 29.1 Å². The third-order valence-electron chi connectivity index (χ3n) is 5.83. The molecule has 21 heavy (non-hydrogen) atoms. The van der Waals surface area contributed by atoms with Crippen molar-refractivity contribution in [2.24, 2.45) is 29.6 Å². The molecule has 4 fully saturated rings. The van der Waals surface area contributed by atoms with Crippen LogP contribution in [0.25, 0.3) is 0 Å². The molecule has 0 heterocycles. The minimum atomic E-state index is 0.220. The molecule has 1 aromatic rings. The number of hydrogen-bond donors (Lipinski definition) is 1. The molecule has 4 aliphatic carbocycles. The van der Waals surface area contributed by atoms with Crippen LogP contribution in [-0.2, 0) is 4.79 Å². The first-order chi connectivity index (χ1) is 10.2. The summed E-state index contributed by atoms with van der Waals surface area (Å²) in [5.74, 6) is 6.12. The van der Waals surface area contributed by atoms with E-state index in [-0.39, 0.29) is 11.8 Å². The molecule has 1 N–H and O–H groups in total. The lowest BCUT2D eigenvalue weighted by Crippen LogP contribution is -2.49. The van der Waals surface area contributed by atoms with Gasteiger partial charge in [0.15, 0.2) is 0 Å². The van der Waals surface area contributed by atoms with Crippen LogP contribution in [0.5, 0.6) is 0 Å². The molecule has 0 saturated heterocycles. The van der Waals surface area contributed by atoms with Crippen molar-refractivity contribution in [2.45, 2.75) is 32.1 Å². The lowest BCUT2D eigenvalue weighted by Gasteiger charge is -2.53. The van der Waals surface area contributed by atoms with Crippen LogP contribution in [0.1, 0.15) is 37.7 Å². The SMILES string of the molecule is C#Cc1cccc(NC(=O)C2C3CC4CC(C3)CC2C4)c1. The number of hydrogen-bond acceptors (Lipinski definition) is 1. The van der Waals surface area contributed by atoms with Gasteiger partial charge < -0.3 is 5.32 Å². The van der Waals surface area contributed by atoms with Gasteiger partial charge in [-0.1, -0.05) is 12.0 Å². The van der Waals surface area contributed by atoms with Crippen LogP contribution in [-0.4, -0.2) is 5.91 Å². The first-order valence-electron chi connectivity index (χ1n) is 8.10. The van der Waals surface area contributed by atoms with Gasteiger partial charge in [0.2, 0.25) is 5.91 Å². The molecule has 4 bridgehead atoms. The molecule has 0 atom stereocenters. The molecule has 1 amide bonds. The maximum absolute atomic E-state index is 12.7. The van der Waals surface area contributed by atoms with Gasteiger partial charge in [-0.25, -0.2) is 0 Å². The molecule has 0 spiro atoms. The maximum atomic E-state index is 12.7. The van der Waals surface area contributed by atoms with E-state index in [2.05, 4.69) is 11.2 Å². The number of nitrogens with one attached hydrogen (secondary N) is 1.